The van der Waals surface area contributed by atoms with Crippen molar-refractivity contribution in [3.63, 3.8) is 0 Å². The molecule has 16 heavy (non-hydrogen) atoms. The van der Waals surface area contributed by atoms with Crippen molar-refractivity contribution in [2.45, 2.75) is 19.3 Å². The van der Waals surface area contributed by atoms with Crippen molar-refractivity contribution in [1.29, 1.82) is 0 Å². The molecule has 0 saturated heterocycles. The Morgan fingerprint density at radius 1 is 1.62 bits per heavy atom. The Balaban J connectivity index is 2.03. The van der Waals surface area contributed by atoms with E-state index in [1.165, 1.54) is 12.8 Å². The van der Waals surface area contributed by atoms with E-state index >= 15 is 0 Å². The van der Waals surface area contributed by atoms with E-state index in [1.807, 2.05) is 0 Å². The summed E-state index contributed by atoms with van der Waals surface area (Å²) in [6, 6.07) is 0. The maximum Gasteiger partial charge on any atom is 0.349 e. The summed E-state index contributed by atoms with van der Waals surface area (Å²) >= 11 is 0. The van der Waals surface area contributed by atoms with Crippen LogP contribution in [0.4, 0.5) is 11.6 Å². The van der Waals surface area contributed by atoms with Crippen molar-refractivity contribution in [3.8, 4) is 5.88 Å². The number of hydrogen-bond donors (Lipinski definition) is 1. The SMILES string of the molecule is Nc1ncc([N+](=O)[O-])c(OCCC2CC2)n1. The lowest BCUT2D eigenvalue weighted by molar-refractivity contribution is -0.386. The largest absolute Gasteiger partial charge is 0.473 e. The zero-order chi connectivity index (χ0) is 11.5. The summed E-state index contributed by atoms with van der Waals surface area (Å²) in [6.07, 6.45) is 4.41. The number of ether oxygens (including phenoxy) is 1. The Morgan fingerprint density at radius 3 is 3.00 bits per heavy atom. The highest BCUT2D eigenvalue weighted by Crippen LogP contribution is 2.32. The van der Waals surface area contributed by atoms with Gasteiger partial charge in [-0.3, -0.25) is 10.1 Å². The van der Waals surface area contributed by atoms with Crippen LogP contribution in [0.2, 0.25) is 0 Å². The molecule has 0 atom stereocenters. The lowest BCUT2D eigenvalue weighted by Gasteiger charge is -2.04. The van der Waals surface area contributed by atoms with Crippen LogP contribution in [0, 0.1) is 16.0 Å². The molecule has 0 aliphatic heterocycles. The molecule has 0 radical (unpaired) electrons. The molecule has 1 fully saturated rings. The number of anilines is 1. The van der Waals surface area contributed by atoms with Crippen molar-refractivity contribution in [1.82, 2.24) is 9.97 Å². The predicted octanol–water partition coefficient (Wildman–Crippen LogP) is 1.15. The van der Waals surface area contributed by atoms with Crippen LogP contribution in [0.3, 0.4) is 0 Å². The Labute approximate surface area is 91.8 Å². The first-order chi connectivity index (χ1) is 7.66. The molecule has 1 aromatic rings. The average molecular weight is 224 g/mol. The van der Waals surface area contributed by atoms with Gasteiger partial charge in [0.15, 0.2) is 0 Å². The Kier molecular flexibility index (Phi) is 2.84. The van der Waals surface area contributed by atoms with Gasteiger partial charge in [-0.25, -0.2) is 4.98 Å². The molecule has 0 amide bonds. The molecule has 1 heterocycles. The molecule has 1 aliphatic rings. The third-order valence-electron chi connectivity index (χ3n) is 2.41. The number of nitrogens with two attached hydrogens (primary N) is 1. The summed E-state index contributed by atoms with van der Waals surface area (Å²) < 4.78 is 5.26. The molecule has 0 spiro atoms. The number of rotatable bonds is 5. The van der Waals surface area contributed by atoms with Gasteiger partial charge in [-0.05, 0) is 12.3 Å². The fourth-order valence-corrected chi connectivity index (χ4v) is 1.33. The number of nitro groups is 1. The topological polar surface area (TPSA) is 104 Å². The lowest BCUT2D eigenvalue weighted by atomic mass is 10.3. The zero-order valence-electron chi connectivity index (χ0n) is 8.63. The first-order valence-electron chi connectivity index (χ1n) is 5.06. The minimum Gasteiger partial charge on any atom is -0.473 e. The van der Waals surface area contributed by atoms with Gasteiger partial charge in [-0.15, -0.1) is 0 Å². The van der Waals surface area contributed by atoms with Gasteiger partial charge in [0.1, 0.15) is 6.20 Å². The zero-order valence-corrected chi connectivity index (χ0v) is 8.63. The summed E-state index contributed by atoms with van der Waals surface area (Å²) in [6.45, 7) is 0.433. The van der Waals surface area contributed by atoms with E-state index in [0.29, 0.717) is 12.5 Å². The Bertz CT molecular complexity index is 406. The van der Waals surface area contributed by atoms with Crippen molar-refractivity contribution in [2.75, 3.05) is 12.3 Å². The number of aromatic nitrogens is 2. The average Bonchev–Trinajstić information content (AvgIpc) is 3.01. The molecule has 86 valence electrons. The molecule has 2 rings (SSSR count). The first-order valence-corrected chi connectivity index (χ1v) is 5.06. The highest BCUT2D eigenvalue weighted by Gasteiger charge is 2.22. The van der Waals surface area contributed by atoms with Crippen LogP contribution >= 0.6 is 0 Å². The summed E-state index contributed by atoms with van der Waals surface area (Å²) in [5, 5.41) is 10.6. The summed E-state index contributed by atoms with van der Waals surface area (Å²) in [5.74, 6) is 0.642. The molecule has 7 nitrogen and oxygen atoms in total. The van der Waals surface area contributed by atoms with E-state index in [0.717, 1.165) is 12.6 Å². The normalized spacial score (nSPS) is 14.8. The van der Waals surface area contributed by atoms with E-state index in [2.05, 4.69) is 9.97 Å². The maximum atomic E-state index is 10.6. The number of hydrogen-bond acceptors (Lipinski definition) is 6. The van der Waals surface area contributed by atoms with Gasteiger partial charge >= 0.3 is 5.69 Å². The quantitative estimate of drug-likeness (QED) is 0.594. The van der Waals surface area contributed by atoms with Gasteiger partial charge in [0, 0.05) is 0 Å². The molecule has 0 unspecified atom stereocenters. The minimum absolute atomic E-state index is 0.0213. The fraction of sp³-hybridized carbons (Fsp3) is 0.556. The van der Waals surface area contributed by atoms with E-state index in [-0.39, 0.29) is 17.5 Å². The summed E-state index contributed by atoms with van der Waals surface area (Å²) in [4.78, 5) is 17.3. The third kappa shape index (κ3) is 2.56. The molecule has 1 aliphatic carbocycles. The standard InChI is InChI=1S/C9H12N4O3/c10-9-11-5-7(13(14)15)8(12-9)16-4-3-6-1-2-6/h5-6H,1-4H2,(H2,10,11,12). The van der Waals surface area contributed by atoms with Crippen molar-refractivity contribution >= 4 is 11.6 Å². The smallest absolute Gasteiger partial charge is 0.349 e. The monoisotopic (exact) mass is 224 g/mol. The predicted molar refractivity (Wildman–Crippen MR) is 55.9 cm³/mol. The maximum absolute atomic E-state index is 10.6. The highest BCUT2D eigenvalue weighted by molar-refractivity contribution is 5.41. The van der Waals surface area contributed by atoms with Crippen molar-refractivity contribution in [3.05, 3.63) is 16.3 Å². The summed E-state index contributed by atoms with van der Waals surface area (Å²) in [5.41, 5.74) is 5.10. The van der Waals surface area contributed by atoms with Crippen LogP contribution in [-0.2, 0) is 0 Å². The van der Waals surface area contributed by atoms with Crippen LogP contribution in [-0.4, -0.2) is 21.5 Å². The summed E-state index contributed by atoms with van der Waals surface area (Å²) in [7, 11) is 0. The number of nitrogen functional groups attached to an aromatic ring is 1. The van der Waals surface area contributed by atoms with Gasteiger partial charge in [0.25, 0.3) is 5.88 Å². The van der Waals surface area contributed by atoms with E-state index in [1.54, 1.807) is 0 Å². The van der Waals surface area contributed by atoms with Gasteiger partial charge in [0.2, 0.25) is 5.95 Å². The van der Waals surface area contributed by atoms with Crippen molar-refractivity contribution < 1.29 is 9.66 Å². The van der Waals surface area contributed by atoms with Crippen LogP contribution in [0.1, 0.15) is 19.3 Å². The number of nitrogens with zero attached hydrogens (tertiary/aromatic N) is 3. The lowest BCUT2D eigenvalue weighted by Crippen LogP contribution is -2.06. The first kappa shape index (κ1) is 10.6. The molecule has 1 saturated carbocycles. The second-order valence-corrected chi connectivity index (χ2v) is 3.76. The van der Waals surface area contributed by atoms with E-state index < -0.39 is 4.92 Å². The Morgan fingerprint density at radius 2 is 2.38 bits per heavy atom. The highest BCUT2D eigenvalue weighted by atomic mass is 16.6. The van der Waals surface area contributed by atoms with Crippen LogP contribution in [0.5, 0.6) is 5.88 Å². The van der Waals surface area contributed by atoms with Gasteiger partial charge in [-0.2, -0.15) is 4.98 Å². The fourth-order valence-electron chi connectivity index (χ4n) is 1.33. The van der Waals surface area contributed by atoms with E-state index in [4.69, 9.17) is 10.5 Å². The molecular weight excluding hydrogens is 212 g/mol. The van der Waals surface area contributed by atoms with Gasteiger partial charge in [-0.1, -0.05) is 12.8 Å². The molecule has 2 N–H and O–H groups in total. The second-order valence-electron chi connectivity index (χ2n) is 3.76. The van der Waals surface area contributed by atoms with Gasteiger partial charge < -0.3 is 10.5 Å². The van der Waals surface area contributed by atoms with Crippen LogP contribution < -0.4 is 10.5 Å². The second kappa shape index (κ2) is 4.30. The van der Waals surface area contributed by atoms with Crippen LogP contribution in [0.25, 0.3) is 0 Å². The Hall–Kier alpha value is -1.92. The van der Waals surface area contributed by atoms with Gasteiger partial charge in [0.05, 0.1) is 11.5 Å². The third-order valence-corrected chi connectivity index (χ3v) is 2.41. The minimum atomic E-state index is -0.577. The molecular formula is C9H12N4O3. The van der Waals surface area contributed by atoms with Crippen LogP contribution in [0.15, 0.2) is 6.20 Å². The van der Waals surface area contributed by atoms with Crippen molar-refractivity contribution in [2.24, 2.45) is 5.92 Å². The molecule has 0 bridgehead atoms. The molecule has 0 aromatic carbocycles. The van der Waals surface area contributed by atoms with E-state index in [9.17, 15) is 10.1 Å². The molecule has 7 heteroatoms. The molecule has 1 aromatic heterocycles.